The summed E-state index contributed by atoms with van der Waals surface area (Å²) in [4.78, 5) is 11.8. The Morgan fingerprint density at radius 3 is 2.60 bits per heavy atom. The van der Waals surface area contributed by atoms with Crippen LogP contribution in [0.25, 0.3) is 11.7 Å². The summed E-state index contributed by atoms with van der Waals surface area (Å²) in [5.41, 5.74) is 3.33. The molecule has 0 aliphatic rings. The van der Waals surface area contributed by atoms with Crippen LogP contribution < -0.4 is 5.76 Å². The normalized spacial score (nSPS) is 10.9. The van der Waals surface area contributed by atoms with Crippen molar-refractivity contribution in [1.82, 2.24) is 9.78 Å². The van der Waals surface area contributed by atoms with E-state index in [1.54, 1.807) is 12.1 Å². The smallest absolute Gasteiger partial charge is 0.437 e. The summed E-state index contributed by atoms with van der Waals surface area (Å²) in [6.45, 7) is 4.43. The van der Waals surface area contributed by atoms with Crippen LogP contribution in [0.2, 0.25) is 0 Å². The maximum absolute atomic E-state index is 11.8. The highest BCUT2D eigenvalue weighted by molar-refractivity contribution is 5.42. The lowest BCUT2D eigenvalue weighted by Crippen LogP contribution is -2.16. The quantitative estimate of drug-likeness (QED) is 0.734. The maximum atomic E-state index is 11.8. The lowest BCUT2D eigenvalue weighted by molar-refractivity contribution is 0.476. The second-order valence-electron chi connectivity index (χ2n) is 4.80. The Bertz CT molecular complexity index is 762. The molecule has 0 saturated heterocycles. The van der Waals surface area contributed by atoms with Crippen molar-refractivity contribution >= 4 is 0 Å². The van der Waals surface area contributed by atoms with E-state index in [0.717, 1.165) is 16.7 Å². The molecule has 0 unspecified atom stereocenters. The molecular formula is C15H14N2O3. The van der Waals surface area contributed by atoms with Crippen LogP contribution in [0.5, 0.6) is 0 Å². The van der Waals surface area contributed by atoms with E-state index < -0.39 is 5.76 Å². The van der Waals surface area contributed by atoms with Crippen molar-refractivity contribution in [2.24, 2.45) is 0 Å². The summed E-state index contributed by atoms with van der Waals surface area (Å²) in [6.07, 6.45) is 1.51. The maximum Gasteiger partial charge on any atom is 0.437 e. The number of hydrogen-bond acceptors (Lipinski definition) is 4. The number of furan rings is 1. The van der Waals surface area contributed by atoms with Gasteiger partial charge in [-0.2, -0.15) is 4.68 Å². The van der Waals surface area contributed by atoms with Crippen molar-refractivity contribution in [3.8, 4) is 11.7 Å². The van der Waals surface area contributed by atoms with E-state index in [-0.39, 0.29) is 5.89 Å². The molecule has 0 fully saturated rings. The van der Waals surface area contributed by atoms with Crippen LogP contribution in [-0.4, -0.2) is 9.78 Å². The van der Waals surface area contributed by atoms with Gasteiger partial charge in [0.05, 0.1) is 12.8 Å². The third-order valence-corrected chi connectivity index (χ3v) is 2.95. The summed E-state index contributed by atoms with van der Waals surface area (Å²) >= 11 is 0. The molecule has 0 saturated carbocycles. The van der Waals surface area contributed by atoms with Crippen LogP contribution in [0.3, 0.4) is 0 Å². The number of hydrogen-bond donors (Lipinski definition) is 0. The molecule has 5 heteroatoms. The van der Waals surface area contributed by atoms with E-state index in [0.29, 0.717) is 12.3 Å². The van der Waals surface area contributed by atoms with Crippen molar-refractivity contribution in [3.05, 3.63) is 63.8 Å². The largest absolute Gasteiger partial charge is 0.459 e. The molecule has 2 heterocycles. The Morgan fingerprint density at radius 2 is 1.95 bits per heavy atom. The summed E-state index contributed by atoms with van der Waals surface area (Å²) in [5.74, 6) is 0.154. The zero-order valence-electron chi connectivity index (χ0n) is 11.3. The molecule has 2 aromatic heterocycles. The first-order valence-electron chi connectivity index (χ1n) is 6.31. The summed E-state index contributed by atoms with van der Waals surface area (Å²) < 4.78 is 11.6. The Labute approximate surface area is 115 Å². The van der Waals surface area contributed by atoms with Crippen LogP contribution in [0.4, 0.5) is 0 Å². The van der Waals surface area contributed by atoms with Crippen LogP contribution >= 0.6 is 0 Å². The van der Waals surface area contributed by atoms with Gasteiger partial charge in [0, 0.05) is 0 Å². The SMILES string of the molecule is Cc1cc(C)cc(Cn2nc(-c3ccco3)oc2=O)c1. The third kappa shape index (κ3) is 2.42. The predicted molar refractivity (Wildman–Crippen MR) is 73.5 cm³/mol. The van der Waals surface area contributed by atoms with Gasteiger partial charge < -0.3 is 8.83 Å². The number of aromatic nitrogens is 2. The zero-order chi connectivity index (χ0) is 14.1. The summed E-state index contributed by atoms with van der Waals surface area (Å²) in [7, 11) is 0. The first kappa shape index (κ1) is 12.5. The molecule has 0 amide bonds. The lowest BCUT2D eigenvalue weighted by Gasteiger charge is -2.03. The van der Waals surface area contributed by atoms with Gasteiger partial charge in [-0.25, -0.2) is 4.79 Å². The molecule has 1 aromatic carbocycles. The Kier molecular flexibility index (Phi) is 3.02. The number of aryl methyl sites for hydroxylation is 2. The molecule has 3 aromatic rings. The Morgan fingerprint density at radius 1 is 1.20 bits per heavy atom. The Hall–Kier alpha value is -2.56. The summed E-state index contributed by atoms with van der Waals surface area (Å²) in [6, 6.07) is 9.56. The zero-order valence-corrected chi connectivity index (χ0v) is 11.3. The fourth-order valence-corrected chi connectivity index (χ4v) is 2.24. The van der Waals surface area contributed by atoms with Gasteiger partial charge in [0.25, 0.3) is 5.89 Å². The molecule has 0 spiro atoms. The number of rotatable bonds is 3. The molecule has 5 nitrogen and oxygen atoms in total. The van der Waals surface area contributed by atoms with E-state index in [1.807, 2.05) is 26.0 Å². The number of nitrogens with zero attached hydrogens (tertiary/aromatic N) is 2. The van der Waals surface area contributed by atoms with Crippen LogP contribution in [-0.2, 0) is 6.54 Å². The van der Waals surface area contributed by atoms with Gasteiger partial charge in [-0.15, -0.1) is 5.10 Å². The van der Waals surface area contributed by atoms with Gasteiger partial charge in [0.1, 0.15) is 0 Å². The van der Waals surface area contributed by atoms with Crippen molar-refractivity contribution in [3.63, 3.8) is 0 Å². The lowest BCUT2D eigenvalue weighted by atomic mass is 10.1. The van der Waals surface area contributed by atoms with E-state index >= 15 is 0 Å². The highest BCUT2D eigenvalue weighted by atomic mass is 16.4. The van der Waals surface area contributed by atoms with Gasteiger partial charge in [-0.05, 0) is 31.5 Å². The van der Waals surface area contributed by atoms with E-state index in [1.165, 1.54) is 10.9 Å². The first-order chi connectivity index (χ1) is 9.61. The fourth-order valence-electron chi connectivity index (χ4n) is 2.24. The van der Waals surface area contributed by atoms with Crippen LogP contribution in [0, 0.1) is 13.8 Å². The van der Waals surface area contributed by atoms with E-state index in [9.17, 15) is 4.79 Å². The molecule has 0 bridgehead atoms. The van der Waals surface area contributed by atoms with Crippen LogP contribution in [0.1, 0.15) is 16.7 Å². The Balaban J connectivity index is 1.93. The van der Waals surface area contributed by atoms with E-state index in [2.05, 4.69) is 11.2 Å². The predicted octanol–water partition coefficient (Wildman–Crippen LogP) is 2.76. The van der Waals surface area contributed by atoms with Gasteiger partial charge in [0.15, 0.2) is 5.76 Å². The molecule has 102 valence electrons. The number of benzene rings is 1. The average Bonchev–Trinajstić information content (AvgIpc) is 2.98. The molecular weight excluding hydrogens is 256 g/mol. The molecule has 3 rings (SSSR count). The van der Waals surface area contributed by atoms with Crippen molar-refractivity contribution in [2.75, 3.05) is 0 Å². The topological polar surface area (TPSA) is 61.2 Å². The molecule has 0 N–H and O–H groups in total. The third-order valence-electron chi connectivity index (χ3n) is 2.95. The van der Waals surface area contributed by atoms with Crippen LogP contribution in [0.15, 0.2) is 50.2 Å². The molecule has 0 aliphatic heterocycles. The fraction of sp³-hybridized carbons (Fsp3) is 0.200. The van der Waals surface area contributed by atoms with Gasteiger partial charge in [-0.3, -0.25) is 0 Å². The molecule has 0 radical (unpaired) electrons. The second-order valence-corrected chi connectivity index (χ2v) is 4.80. The minimum Gasteiger partial charge on any atom is -0.459 e. The molecule has 20 heavy (non-hydrogen) atoms. The average molecular weight is 270 g/mol. The minimum atomic E-state index is -0.490. The van der Waals surface area contributed by atoms with Crippen molar-refractivity contribution < 1.29 is 8.83 Å². The highest BCUT2D eigenvalue weighted by Crippen LogP contribution is 2.16. The van der Waals surface area contributed by atoms with E-state index in [4.69, 9.17) is 8.83 Å². The van der Waals surface area contributed by atoms with Gasteiger partial charge in [-0.1, -0.05) is 29.3 Å². The second kappa shape index (κ2) is 4.85. The molecule has 0 aliphatic carbocycles. The highest BCUT2D eigenvalue weighted by Gasteiger charge is 2.12. The summed E-state index contributed by atoms with van der Waals surface area (Å²) in [5, 5.41) is 4.15. The van der Waals surface area contributed by atoms with Crippen molar-refractivity contribution in [1.29, 1.82) is 0 Å². The van der Waals surface area contributed by atoms with Crippen molar-refractivity contribution in [2.45, 2.75) is 20.4 Å². The van der Waals surface area contributed by atoms with Gasteiger partial charge >= 0.3 is 5.76 Å². The minimum absolute atomic E-state index is 0.198. The molecule has 0 atom stereocenters. The standard InChI is InChI=1S/C15H14N2O3/c1-10-6-11(2)8-12(7-10)9-17-15(18)20-14(16-17)13-4-3-5-19-13/h3-8H,9H2,1-2H3. The first-order valence-corrected chi connectivity index (χ1v) is 6.31. The van der Waals surface area contributed by atoms with Gasteiger partial charge in [0.2, 0.25) is 0 Å². The monoisotopic (exact) mass is 270 g/mol.